The minimum absolute atomic E-state index is 0.315. The molecule has 0 radical (unpaired) electrons. The van der Waals surface area contributed by atoms with E-state index in [4.69, 9.17) is 32.0 Å². The van der Waals surface area contributed by atoms with Crippen molar-refractivity contribution in [2.45, 2.75) is 0 Å². The fourth-order valence-electron chi connectivity index (χ4n) is 3.32. The number of nitrogens with one attached hydrogen (secondary N) is 1. The van der Waals surface area contributed by atoms with Crippen molar-refractivity contribution >= 4 is 52.0 Å². The number of nitrogens with zero attached hydrogens (tertiary/aromatic N) is 1. The molecule has 33 heavy (non-hydrogen) atoms. The van der Waals surface area contributed by atoms with Gasteiger partial charge in [0.1, 0.15) is 17.0 Å². The van der Waals surface area contributed by atoms with Crippen molar-refractivity contribution in [1.29, 1.82) is 0 Å². The largest absolute Gasteiger partial charge is 0.457 e. The summed E-state index contributed by atoms with van der Waals surface area (Å²) in [4.78, 5) is 16.9. The number of fused-ring (bicyclic) bond motifs is 1. The van der Waals surface area contributed by atoms with Gasteiger partial charge >= 0.3 is 0 Å². The van der Waals surface area contributed by atoms with Crippen LogP contribution in [0.5, 0.6) is 0 Å². The van der Waals surface area contributed by atoms with Gasteiger partial charge in [-0.2, -0.15) is 0 Å². The van der Waals surface area contributed by atoms with E-state index in [0.717, 1.165) is 11.3 Å². The lowest BCUT2D eigenvalue weighted by Crippen LogP contribution is -2.07. The molecule has 2 aromatic heterocycles. The zero-order valence-electron chi connectivity index (χ0n) is 17.1. The van der Waals surface area contributed by atoms with E-state index >= 15 is 0 Å². The molecule has 1 amide bonds. The van der Waals surface area contributed by atoms with Gasteiger partial charge in [0.05, 0.1) is 10.6 Å². The van der Waals surface area contributed by atoms with Crippen LogP contribution in [0.3, 0.4) is 0 Å². The van der Waals surface area contributed by atoms with Crippen LogP contribution < -0.4 is 5.32 Å². The summed E-state index contributed by atoms with van der Waals surface area (Å²) in [6.45, 7) is 0. The molecule has 0 saturated carbocycles. The van der Waals surface area contributed by atoms with Crippen LogP contribution in [-0.4, -0.2) is 10.9 Å². The zero-order valence-corrected chi connectivity index (χ0v) is 18.6. The summed E-state index contributed by atoms with van der Waals surface area (Å²) in [6.07, 6.45) is 3.02. The highest BCUT2D eigenvalue weighted by atomic mass is 35.5. The molecule has 3 aromatic carbocycles. The summed E-state index contributed by atoms with van der Waals surface area (Å²) in [7, 11) is 0. The number of halogens is 2. The first-order chi connectivity index (χ1) is 16.0. The van der Waals surface area contributed by atoms with Crippen molar-refractivity contribution in [3.05, 3.63) is 101 Å². The minimum atomic E-state index is -0.315. The van der Waals surface area contributed by atoms with Gasteiger partial charge in [-0.15, -0.1) is 0 Å². The summed E-state index contributed by atoms with van der Waals surface area (Å²) in [5.74, 6) is 1.33. The molecule has 5 nitrogen and oxygen atoms in total. The number of carbonyl (C=O) groups excluding carboxylic acids is 1. The standard InChI is InChI=1S/C26H16Cl2N2O3/c27-17-6-11-24-22(14-17)30-26(33-24)20-15-18(7-10-21(20)28)29-25(31)13-9-19-8-12-23(32-19)16-4-2-1-3-5-16/h1-15H,(H,29,31). The number of amides is 1. The maximum absolute atomic E-state index is 12.4. The van der Waals surface area contributed by atoms with E-state index in [1.54, 1.807) is 42.5 Å². The normalized spacial score (nSPS) is 11.3. The molecule has 0 unspecified atom stereocenters. The van der Waals surface area contributed by atoms with Crippen LogP contribution in [0.4, 0.5) is 5.69 Å². The Kier molecular flexibility index (Phi) is 5.73. The maximum Gasteiger partial charge on any atom is 0.248 e. The van der Waals surface area contributed by atoms with E-state index in [-0.39, 0.29) is 5.91 Å². The molecule has 0 fully saturated rings. The fourth-order valence-corrected chi connectivity index (χ4v) is 3.69. The van der Waals surface area contributed by atoms with Gasteiger partial charge in [-0.05, 0) is 54.6 Å². The van der Waals surface area contributed by atoms with E-state index in [0.29, 0.717) is 44.0 Å². The maximum atomic E-state index is 12.4. The second kappa shape index (κ2) is 8.98. The van der Waals surface area contributed by atoms with E-state index < -0.39 is 0 Å². The summed E-state index contributed by atoms with van der Waals surface area (Å²) >= 11 is 12.4. The van der Waals surface area contributed by atoms with Crippen molar-refractivity contribution in [3.8, 4) is 22.8 Å². The molecule has 5 rings (SSSR count). The summed E-state index contributed by atoms with van der Waals surface area (Å²) in [5.41, 5.74) is 3.30. The molecule has 7 heteroatoms. The summed E-state index contributed by atoms with van der Waals surface area (Å²) in [6, 6.07) is 23.7. The SMILES string of the molecule is O=C(C=Cc1ccc(-c2ccccc2)o1)Nc1ccc(Cl)c(-c2nc3cc(Cl)ccc3o2)c1. The van der Waals surface area contributed by atoms with Crippen molar-refractivity contribution in [3.63, 3.8) is 0 Å². The van der Waals surface area contributed by atoms with E-state index in [1.165, 1.54) is 6.08 Å². The van der Waals surface area contributed by atoms with Crippen molar-refractivity contribution in [2.75, 3.05) is 5.32 Å². The first-order valence-corrected chi connectivity index (χ1v) is 10.8. The van der Waals surface area contributed by atoms with Gasteiger partial charge in [0.2, 0.25) is 11.8 Å². The summed E-state index contributed by atoms with van der Waals surface area (Å²) in [5, 5.41) is 3.83. The quantitative estimate of drug-likeness (QED) is 0.264. The molecule has 0 atom stereocenters. The number of anilines is 1. The highest BCUT2D eigenvalue weighted by Gasteiger charge is 2.13. The summed E-state index contributed by atoms with van der Waals surface area (Å²) < 4.78 is 11.6. The lowest BCUT2D eigenvalue weighted by atomic mass is 10.2. The van der Waals surface area contributed by atoms with Gasteiger partial charge in [0, 0.05) is 22.3 Å². The zero-order chi connectivity index (χ0) is 22.8. The molecule has 1 N–H and O–H groups in total. The molecule has 0 aliphatic rings. The van der Waals surface area contributed by atoms with Gasteiger partial charge in [-0.3, -0.25) is 4.79 Å². The number of benzene rings is 3. The Morgan fingerprint density at radius 1 is 0.909 bits per heavy atom. The smallest absolute Gasteiger partial charge is 0.248 e. The molecule has 0 aliphatic heterocycles. The fraction of sp³-hybridized carbons (Fsp3) is 0. The molecule has 0 saturated heterocycles. The number of hydrogen-bond acceptors (Lipinski definition) is 4. The lowest BCUT2D eigenvalue weighted by Gasteiger charge is -2.05. The van der Waals surface area contributed by atoms with Gasteiger partial charge in [-0.25, -0.2) is 4.98 Å². The first-order valence-electron chi connectivity index (χ1n) is 10.1. The Hall–Kier alpha value is -3.80. The van der Waals surface area contributed by atoms with Gasteiger partial charge in [-0.1, -0.05) is 53.5 Å². The molecule has 0 aliphatic carbocycles. The Morgan fingerprint density at radius 3 is 2.61 bits per heavy atom. The van der Waals surface area contributed by atoms with E-state index in [1.807, 2.05) is 42.5 Å². The predicted molar refractivity (Wildman–Crippen MR) is 131 cm³/mol. The molecule has 5 aromatic rings. The van der Waals surface area contributed by atoms with Crippen molar-refractivity contribution in [2.24, 2.45) is 0 Å². The lowest BCUT2D eigenvalue weighted by molar-refractivity contribution is -0.111. The number of furan rings is 1. The number of carbonyl (C=O) groups is 1. The van der Waals surface area contributed by atoms with Crippen molar-refractivity contribution in [1.82, 2.24) is 4.98 Å². The van der Waals surface area contributed by atoms with Gasteiger partial charge in [0.15, 0.2) is 5.58 Å². The van der Waals surface area contributed by atoms with Crippen molar-refractivity contribution < 1.29 is 13.6 Å². The van der Waals surface area contributed by atoms with Gasteiger partial charge < -0.3 is 14.2 Å². The average Bonchev–Trinajstić information content (AvgIpc) is 3.46. The van der Waals surface area contributed by atoms with Crippen LogP contribution in [0.15, 0.2) is 93.8 Å². The van der Waals surface area contributed by atoms with Crippen LogP contribution in [-0.2, 0) is 4.79 Å². The third-order valence-electron chi connectivity index (χ3n) is 4.90. The van der Waals surface area contributed by atoms with Crippen LogP contribution in [0.1, 0.15) is 5.76 Å². The Labute approximate surface area is 199 Å². The Balaban J connectivity index is 1.32. The third-order valence-corrected chi connectivity index (χ3v) is 5.46. The molecule has 2 heterocycles. The monoisotopic (exact) mass is 474 g/mol. The van der Waals surface area contributed by atoms with E-state index in [2.05, 4.69) is 10.3 Å². The third kappa shape index (κ3) is 4.70. The van der Waals surface area contributed by atoms with E-state index in [9.17, 15) is 4.79 Å². The molecule has 0 spiro atoms. The average molecular weight is 475 g/mol. The molecular formula is C26H16Cl2N2O3. The molecular weight excluding hydrogens is 459 g/mol. The van der Waals surface area contributed by atoms with Crippen LogP contribution >= 0.6 is 23.2 Å². The van der Waals surface area contributed by atoms with Crippen LogP contribution in [0.2, 0.25) is 10.0 Å². The second-order valence-corrected chi connectivity index (χ2v) is 8.06. The molecule has 0 bridgehead atoms. The van der Waals surface area contributed by atoms with Crippen LogP contribution in [0.25, 0.3) is 40.0 Å². The van der Waals surface area contributed by atoms with Crippen LogP contribution in [0, 0.1) is 0 Å². The second-order valence-electron chi connectivity index (χ2n) is 7.22. The number of hydrogen-bond donors (Lipinski definition) is 1. The molecule has 162 valence electrons. The number of oxazole rings is 1. The number of rotatable bonds is 5. The first kappa shape index (κ1) is 21.1. The minimum Gasteiger partial charge on any atom is -0.457 e. The Bertz CT molecular complexity index is 1490. The highest BCUT2D eigenvalue weighted by molar-refractivity contribution is 6.33. The highest BCUT2D eigenvalue weighted by Crippen LogP contribution is 2.33. The number of aromatic nitrogens is 1. The topological polar surface area (TPSA) is 68.3 Å². The Morgan fingerprint density at radius 2 is 1.76 bits per heavy atom. The van der Waals surface area contributed by atoms with Gasteiger partial charge in [0.25, 0.3) is 0 Å². The predicted octanol–water partition coefficient (Wildman–Crippen LogP) is 7.71.